The highest BCUT2D eigenvalue weighted by molar-refractivity contribution is 5.44. The number of piperazine rings is 1. The van der Waals surface area contributed by atoms with Crippen LogP contribution < -0.4 is 15.2 Å². The van der Waals surface area contributed by atoms with Gasteiger partial charge in [0.05, 0.1) is 19.8 Å². The minimum Gasteiger partial charge on any atom is -0.497 e. The third-order valence-electron chi connectivity index (χ3n) is 4.17. The van der Waals surface area contributed by atoms with Crippen LogP contribution in [0.1, 0.15) is 12.5 Å². The lowest BCUT2D eigenvalue weighted by Crippen LogP contribution is -2.52. The van der Waals surface area contributed by atoms with Gasteiger partial charge in [-0.3, -0.25) is 4.90 Å². The Morgan fingerprint density at radius 1 is 1.14 bits per heavy atom. The number of rotatable bonds is 5. The highest BCUT2D eigenvalue weighted by atomic mass is 16.5. The van der Waals surface area contributed by atoms with Crippen LogP contribution in [0.2, 0.25) is 0 Å². The van der Waals surface area contributed by atoms with E-state index in [0.717, 1.165) is 49.8 Å². The highest BCUT2D eigenvalue weighted by Crippen LogP contribution is 2.32. The van der Waals surface area contributed by atoms with Crippen LogP contribution in [0.4, 0.5) is 0 Å². The second-order valence-electron chi connectivity index (χ2n) is 6.06. The first-order valence-corrected chi connectivity index (χ1v) is 7.38. The molecule has 0 spiro atoms. The highest BCUT2D eigenvalue weighted by Gasteiger charge is 2.29. The van der Waals surface area contributed by atoms with Crippen molar-refractivity contribution in [2.45, 2.75) is 12.5 Å². The molecule has 0 radical (unpaired) electrons. The summed E-state index contributed by atoms with van der Waals surface area (Å²) in [6, 6.07) is 5.80. The van der Waals surface area contributed by atoms with Crippen molar-refractivity contribution in [1.29, 1.82) is 0 Å². The Bertz CT molecular complexity index is 469. The van der Waals surface area contributed by atoms with Gasteiger partial charge in [-0.2, -0.15) is 0 Å². The maximum atomic E-state index is 6.61. The zero-order chi connectivity index (χ0) is 15.5. The molecule has 1 saturated heterocycles. The molecule has 2 N–H and O–H groups in total. The zero-order valence-corrected chi connectivity index (χ0v) is 13.6. The van der Waals surface area contributed by atoms with E-state index in [4.69, 9.17) is 15.2 Å². The van der Waals surface area contributed by atoms with Crippen molar-refractivity contribution in [3.63, 3.8) is 0 Å². The van der Waals surface area contributed by atoms with E-state index in [9.17, 15) is 0 Å². The van der Waals surface area contributed by atoms with Crippen LogP contribution in [0, 0.1) is 0 Å². The number of hydrogen-bond acceptors (Lipinski definition) is 5. The zero-order valence-electron chi connectivity index (χ0n) is 13.6. The lowest BCUT2D eigenvalue weighted by atomic mass is 9.91. The van der Waals surface area contributed by atoms with Crippen LogP contribution in [-0.4, -0.2) is 63.8 Å². The first-order valence-electron chi connectivity index (χ1n) is 7.38. The second kappa shape index (κ2) is 6.64. The molecule has 21 heavy (non-hydrogen) atoms. The van der Waals surface area contributed by atoms with E-state index in [1.807, 2.05) is 18.2 Å². The number of methoxy groups -OCH3 is 2. The molecule has 0 amide bonds. The summed E-state index contributed by atoms with van der Waals surface area (Å²) in [5, 5.41) is 0. The summed E-state index contributed by atoms with van der Waals surface area (Å²) in [7, 11) is 5.50. The van der Waals surface area contributed by atoms with Gasteiger partial charge in [0.1, 0.15) is 11.5 Å². The molecule has 1 aromatic carbocycles. The van der Waals surface area contributed by atoms with Gasteiger partial charge in [-0.25, -0.2) is 0 Å². The molecule has 2 rings (SSSR count). The molecule has 0 bridgehead atoms. The van der Waals surface area contributed by atoms with Gasteiger partial charge in [0.2, 0.25) is 0 Å². The summed E-state index contributed by atoms with van der Waals surface area (Å²) >= 11 is 0. The third-order valence-corrected chi connectivity index (χ3v) is 4.17. The number of ether oxygens (including phenoxy) is 2. The van der Waals surface area contributed by atoms with Crippen LogP contribution in [0.5, 0.6) is 11.5 Å². The van der Waals surface area contributed by atoms with Crippen molar-refractivity contribution in [2.24, 2.45) is 5.73 Å². The second-order valence-corrected chi connectivity index (χ2v) is 6.06. The van der Waals surface area contributed by atoms with Crippen LogP contribution in [0.3, 0.4) is 0 Å². The number of nitrogens with two attached hydrogens (primary N) is 1. The molecule has 1 aliphatic heterocycles. The van der Waals surface area contributed by atoms with Crippen molar-refractivity contribution in [3.05, 3.63) is 23.8 Å². The molecule has 1 aromatic rings. The molecule has 1 unspecified atom stereocenters. The van der Waals surface area contributed by atoms with Crippen LogP contribution >= 0.6 is 0 Å². The minimum absolute atomic E-state index is 0.476. The average Bonchev–Trinajstić information content (AvgIpc) is 2.48. The summed E-state index contributed by atoms with van der Waals surface area (Å²) in [4.78, 5) is 4.76. The van der Waals surface area contributed by atoms with Crippen molar-refractivity contribution < 1.29 is 9.47 Å². The summed E-state index contributed by atoms with van der Waals surface area (Å²) < 4.78 is 10.8. The van der Waals surface area contributed by atoms with Crippen LogP contribution in [0.15, 0.2) is 18.2 Å². The van der Waals surface area contributed by atoms with E-state index >= 15 is 0 Å². The van der Waals surface area contributed by atoms with Crippen molar-refractivity contribution in [2.75, 3.05) is 54.0 Å². The smallest absolute Gasteiger partial charge is 0.124 e. The molecule has 1 heterocycles. The summed E-state index contributed by atoms with van der Waals surface area (Å²) in [5.74, 6) is 1.62. The van der Waals surface area contributed by atoms with Crippen LogP contribution in [0.25, 0.3) is 0 Å². The molecule has 0 aromatic heterocycles. The summed E-state index contributed by atoms with van der Waals surface area (Å²) in [6.07, 6.45) is 0. The SMILES string of the molecule is COc1ccc(OC)c(C(C)(N)CN2CCN(C)CC2)c1. The summed E-state index contributed by atoms with van der Waals surface area (Å²) in [6.45, 7) is 7.15. The molecule has 118 valence electrons. The largest absolute Gasteiger partial charge is 0.497 e. The third kappa shape index (κ3) is 3.87. The Kier molecular flexibility index (Phi) is 5.08. The summed E-state index contributed by atoms with van der Waals surface area (Å²) in [5.41, 5.74) is 7.13. The van der Waals surface area contributed by atoms with Gasteiger partial charge in [-0.05, 0) is 32.2 Å². The van der Waals surface area contributed by atoms with Gasteiger partial charge in [0, 0.05) is 38.3 Å². The molecule has 0 saturated carbocycles. The van der Waals surface area contributed by atoms with E-state index in [1.54, 1.807) is 14.2 Å². The van der Waals surface area contributed by atoms with Crippen molar-refractivity contribution >= 4 is 0 Å². The standard InChI is InChI=1S/C16H27N3O2/c1-16(17,12-19-9-7-18(2)8-10-19)14-11-13(20-3)5-6-15(14)21-4/h5-6,11H,7-10,12,17H2,1-4H3. The first-order chi connectivity index (χ1) is 9.96. The van der Waals surface area contributed by atoms with Crippen molar-refractivity contribution in [1.82, 2.24) is 9.80 Å². The Morgan fingerprint density at radius 2 is 1.81 bits per heavy atom. The monoisotopic (exact) mass is 293 g/mol. The number of benzene rings is 1. The molecular formula is C16H27N3O2. The van der Waals surface area contributed by atoms with E-state index in [-0.39, 0.29) is 0 Å². The number of hydrogen-bond donors (Lipinski definition) is 1. The maximum absolute atomic E-state index is 6.61. The molecule has 1 fully saturated rings. The van der Waals surface area contributed by atoms with Gasteiger partial charge in [0.15, 0.2) is 0 Å². The van der Waals surface area contributed by atoms with E-state index in [0.29, 0.717) is 0 Å². The molecule has 1 aliphatic rings. The van der Waals surface area contributed by atoms with Gasteiger partial charge >= 0.3 is 0 Å². The molecular weight excluding hydrogens is 266 g/mol. The van der Waals surface area contributed by atoms with E-state index in [2.05, 4.69) is 23.8 Å². The first kappa shape index (κ1) is 16.1. The Labute approximate surface area is 127 Å². The normalized spacial score (nSPS) is 20.0. The molecule has 5 heteroatoms. The average molecular weight is 293 g/mol. The predicted molar refractivity (Wildman–Crippen MR) is 85.0 cm³/mol. The minimum atomic E-state index is -0.476. The van der Waals surface area contributed by atoms with Crippen LogP contribution in [-0.2, 0) is 5.54 Å². The fourth-order valence-electron chi connectivity index (χ4n) is 2.82. The number of nitrogens with zero attached hydrogens (tertiary/aromatic N) is 2. The van der Waals surface area contributed by atoms with E-state index in [1.165, 1.54) is 0 Å². The molecule has 5 nitrogen and oxygen atoms in total. The maximum Gasteiger partial charge on any atom is 0.124 e. The Hall–Kier alpha value is -1.30. The topological polar surface area (TPSA) is 51.0 Å². The van der Waals surface area contributed by atoms with Gasteiger partial charge < -0.3 is 20.1 Å². The molecule has 1 atom stereocenters. The van der Waals surface area contributed by atoms with Gasteiger partial charge in [-0.1, -0.05) is 0 Å². The van der Waals surface area contributed by atoms with Crippen molar-refractivity contribution in [3.8, 4) is 11.5 Å². The van der Waals surface area contributed by atoms with E-state index < -0.39 is 5.54 Å². The lowest BCUT2D eigenvalue weighted by Gasteiger charge is -2.38. The Morgan fingerprint density at radius 3 is 2.38 bits per heavy atom. The lowest BCUT2D eigenvalue weighted by molar-refractivity contribution is 0.129. The van der Waals surface area contributed by atoms with Gasteiger partial charge in [-0.15, -0.1) is 0 Å². The molecule has 0 aliphatic carbocycles. The Balaban J connectivity index is 2.17. The fourth-order valence-corrected chi connectivity index (χ4v) is 2.82. The quantitative estimate of drug-likeness (QED) is 0.882. The fraction of sp³-hybridized carbons (Fsp3) is 0.625. The van der Waals surface area contributed by atoms with Gasteiger partial charge in [0.25, 0.3) is 0 Å². The predicted octanol–water partition coefficient (Wildman–Crippen LogP) is 1.13. The number of likely N-dealkylation sites (N-methyl/N-ethyl adjacent to an activating group) is 1.